The van der Waals surface area contributed by atoms with Gasteiger partial charge in [-0.3, -0.25) is 15.0 Å². The Labute approximate surface area is 256 Å². The molecule has 0 unspecified atom stereocenters. The molecule has 3 aromatic carbocycles. The minimum Gasteiger partial charge on any atom is -0.370 e. The van der Waals surface area contributed by atoms with Crippen molar-refractivity contribution in [2.75, 3.05) is 26.2 Å². The van der Waals surface area contributed by atoms with E-state index in [1.165, 1.54) is 16.7 Å². The molecule has 1 heterocycles. The van der Waals surface area contributed by atoms with E-state index in [0.717, 1.165) is 0 Å². The predicted octanol–water partition coefficient (Wildman–Crippen LogP) is 4.37. The van der Waals surface area contributed by atoms with Crippen molar-refractivity contribution in [3.05, 3.63) is 107 Å². The van der Waals surface area contributed by atoms with Gasteiger partial charge in [0.2, 0.25) is 5.91 Å². The molecule has 4 rings (SSSR count). The second-order valence-corrected chi connectivity index (χ2v) is 12.4. The van der Waals surface area contributed by atoms with Gasteiger partial charge in [0.05, 0.1) is 6.04 Å². The highest BCUT2D eigenvalue weighted by atomic mass is 16.2. The largest absolute Gasteiger partial charge is 0.370 e. The number of carbonyl (C=O) groups is 2. The van der Waals surface area contributed by atoms with Crippen LogP contribution in [0.5, 0.6) is 0 Å². The SMILES string of the molecule is CC(C)(C)c1ccc(C(=O)NC[C@@H]2CCN(CC(c3ccccc3)c3ccccc3)C(=O)[C@H](CCCNC(=N)N)N2)cc1. The molecule has 6 N–H and O–H groups in total. The van der Waals surface area contributed by atoms with Crippen molar-refractivity contribution in [2.24, 2.45) is 5.73 Å². The van der Waals surface area contributed by atoms with Gasteiger partial charge in [0.15, 0.2) is 5.96 Å². The molecule has 0 aliphatic carbocycles. The molecule has 0 spiro atoms. The summed E-state index contributed by atoms with van der Waals surface area (Å²) in [6.45, 7) is 8.55. The van der Waals surface area contributed by atoms with Gasteiger partial charge in [0, 0.05) is 43.7 Å². The van der Waals surface area contributed by atoms with Gasteiger partial charge in [-0.2, -0.15) is 0 Å². The molecule has 228 valence electrons. The summed E-state index contributed by atoms with van der Waals surface area (Å²) in [6.07, 6.45) is 1.99. The number of hydrogen-bond donors (Lipinski definition) is 5. The molecule has 0 bridgehead atoms. The molecule has 43 heavy (non-hydrogen) atoms. The fraction of sp³-hybridized carbons (Fsp3) is 0.400. The first-order chi connectivity index (χ1) is 20.6. The normalized spacial score (nSPS) is 17.4. The zero-order chi connectivity index (χ0) is 30.8. The Balaban J connectivity index is 1.48. The van der Waals surface area contributed by atoms with E-state index in [4.69, 9.17) is 11.1 Å². The lowest BCUT2D eigenvalue weighted by Crippen LogP contribution is -2.49. The van der Waals surface area contributed by atoms with Gasteiger partial charge in [-0.05, 0) is 53.5 Å². The van der Waals surface area contributed by atoms with Crippen LogP contribution in [0.15, 0.2) is 84.9 Å². The third kappa shape index (κ3) is 9.16. The van der Waals surface area contributed by atoms with E-state index in [1.807, 2.05) is 65.6 Å². The van der Waals surface area contributed by atoms with Gasteiger partial charge in [-0.25, -0.2) is 0 Å². The van der Waals surface area contributed by atoms with E-state index < -0.39 is 6.04 Å². The van der Waals surface area contributed by atoms with E-state index >= 15 is 0 Å². The van der Waals surface area contributed by atoms with E-state index in [2.05, 4.69) is 61.0 Å². The third-order valence-corrected chi connectivity index (χ3v) is 8.11. The number of guanidine groups is 1. The summed E-state index contributed by atoms with van der Waals surface area (Å²) in [6, 6.07) is 28.0. The quantitative estimate of drug-likeness (QED) is 0.131. The maximum absolute atomic E-state index is 14.0. The van der Waals surface area contributed by atoms with E-state index in [0.29, 0.717) is 51.0 Å². The van der Waals surface area contributed by atoms with Gasteiger partial charge in [0.25, 0.3) is 5.91 Å². The minimum absolute atomic E-state index is 0.0205. The van der Waals surface area contributed by atoms with Crippen molar-refractivity contribution in [2.45, 2.75) is 63.5 Å². The average Bonchev–Trinajstić information content (AvgIpc) is 3.15. The Hall–Kier alpha value is -4.17. The first kappa shape index (κ1) is 31.8. The molecule has 8 nitrogen and oxygen atoms in total. The molecule has 2 atom stereocenters. The van der Waals surface area contributed by atoms with Gasteiger partial charge in [-0.15, -0.1) is 0 Å². The first-order valence-corrected chi connectivity index (χ1v) is 15.2. The second kappa shape index (κ2) is 14.8. The lowest BCUT2D eigenvalue weighted by Gasteiger charge is -2.29. The molecule has 1 saturated heterocycles. The minimum atomic E-state index is -0.406. The summed E-state index contributed by atoms with van der Waals surface area (Å²) >= 11 is 0. The highest BCUT2D eigenvalue weighted by Gasteiger charge is 2.32. The van der Waals surface area contributed by atoms with Crippen molar-refractivity contribution >= 4 is 17.8 Å². The number of amides is 2. The zero-order valence-electron chi connectivity index (χ0n) is 25.6. The number of hydrogen-bond acceptors (Lipinski definition) is 4. The standard InChI is InChI=1S/C35H46N6O2/c1-35(2,3)28-18-16-27(17-19-28)32(42)39-23-29-20-22-41(33(43)31(40-29)15-10-21-38-34(36)37)24-30(25-11-6-4-7-12-25)26-13-8-5-9-14-26/h4-9,11-14,16-19,29-31,40H,10,15,20-24H2,1-3H3,(H,39,42)(H4,36,37,38)/t29-,31-/m0/s1. The monoisotopic (exact) mass is 582 g/mol. The van der Waals surface area contributed by atoms with E-state index in [-0.39, 0.29) is 35.1 Å². The fourth-order valence-corrected chi connectivity index (χ4v) is 5.59. The molecular formula is C35H46N6O2. The molecule has 3 aromatic rings. The summed E-state index contributed by atoms with van der Waals surface area (Å²) in [5.74, 6) is -0.0958. The number of nitrogens with one attached hydrogen (secondary N) is 4. The van der Waals surface area contributed by atoms with Crippen LogP contribution in [0.1, 0.15) is 73.0 Å². The van der Waals surface area contributed by atoms with Crippen LogP contribution in [0.3, 0.4) is 0 Å². The summed E-state index contributed by atoms with van der Waals surface area (Å²) < 4.78 is 0. The second-order valence-electron chi connectivity index (χ2n) is 12.4. The summed E-state index contributed by atoms with van der Waals surface area (Å²) in [4.78, 5) is 29.0. The Kier molecular flexibility index (Phi) is 11.0. The maximum atomic E-state index is 14.0. The third-order valence-electron chi connectivity index (χ3n) is 8.11. The molecule has 8 heteroatoms. The van der Waals surface area contributed by atoms with Crippen LogP contribution in [0.25, 0.3) is 0 Å². The molecule has 1 aliphatic heterocycles. The van der Waals surface area contributed by atoms with Crippen LogP contribution >= 0.6 is 0 Å². The number of carbonyl (C=O) groups excluding carboxylic acids is 2. The lowest BCUT2D eigenvalue weighted by molar-refractivity contribution is -0.133. The lowest BCUT2D eigenvalue weighted by atomic mass is 9.87. The Morgan fingerprint density at radius 1 is 0.977 bits per heavy atom. The van der Waals surface area contributed by atoms with Crippen molar-refractivity contribution in [1.29, 1.82) is 5.41 Å². The van der Waals surface area contributed by atoms with Crippen molar-refractivity contribution in [3.8, 4) is 0 Å². The fourth-order valence-electron chi connectivity index (χ4n) is 5.59. The highest BCUT2D eigenvalue weighted by Crippen LogP contribution is 2.27. The number of nitrogens with zero attached hydrogens (tertiary/aromatic N) is 1. The van der Waals surface area contributed by atoms with Crippen LogP contribution in [-0.4, -0.2) is 60.9 Å². The maximum Gasteiger partial charge on any atom is 0.251 e. The highest BCUT2D eigenvalue weighted by molar-refractivity contribution is 5.94. The number of benzene rings is 3. The van der Waals surface area contributed by atoms with E-state index in [9.17, 15) is 9.59 Å². The molecule has 0 radical (unpaired) electrons. The number of nitrogens with two attached hydrogens (primary N) is 1. The molecule has 2 amide bonds. The van der Waals surface area contributed by atoms with Crippen LogP contribution in [0.2, 0.25) is 0 Å². The van der Waals surface area contributed by atoms with Crippen LogP contribution in [0, 0.1) is 5.41 Å². The summed E-state index contributed by atoms with van der Waals surface area (Å²) in [5.41, 5.74) is 9.62. The Bertz CT molecular complexity index is 1300. The summed E-state index contributed by atoms with van der Waals surface area (Å²) in [7, 11) is 0. The van der Waals surface area contributed by atoms with E-state index in [1.54, 1.807) is 0 Å². The molecule has 0 aromatic heterocycles. The van der Waals surface area contributed by atoms with Crippen LogP contribution in [-0.2, 0) is 10.2 Å². The topological polar surface area (TPSA) is 123 Å². The van der Waals surface area contributed by atoms with Crippen molar-refractivity contribution in [3.63, 3.8) is 0 Å². The molecule has 1 fully saturated rings. The van der Waals surface area contributed by atoms with Crippen molar-refractivity contribution in [1.82, 2.24) is 20.9 Å². The smallest absolute Gasteiger partial charge is 0.251 e. The molecule has 0 saturated carbocycles. The molecular weight excluding hydrogens is 536 g/mol. The van der Waals surface area contributed by atoms with Gasteiger partial charge < -0.3 is 26.6 Å². The van der Waals surface area contributed by atoms with Crippen molar-refractivity contribution < 1.29 is 9.59 Å². The van der Waals surface area contributed by atoms with Gasteiger partial charge in [0.1, 0.15) is 0 Å². The van der Waals surface area contributed by atoms with Gasteiger partial charge in [-0.1, -0.05) is 93.6 Å². The summed E-state index contributed by atoms with van der Waals surface area (Å²) in [5, 5.41) is 16.9. The Morgan fingerprint density at radius 2 is 1.58 bits per heavy atom. The number of rotatable bonds is 11. The molecule has 1 aliphatic rings. The van der Waals surface area contributed by atoms with Gasteiger partial charge >= 0.3 is 0 Å². The van der Waals surface area contributed by atoms with Crippen LogP contribution < -0.4 is 21.7 Å². The van der Waals surface area contributed by atoms with Crippen LogP contribution in [0.4, 0.5) is 0 Å². The predicted molar refractivity (Wildman–Crippen MR) is 173 cm³/mol. The average molecular weight is 583 g/mol. The zero-order valence-corrected chi connectivity index (χ0v) is 25.6. The Morgan fingerprint density at radius 3 is 2.14 bits per heavy atom. The first-order valence-electron chi connectivity index (χ1n) is 15.2.